The first-order chi connectivity index (χ1) is 12.6. The highest BCUT2D eigenvalue weighted by molar-refractivity contribution is 7.98. The smallest absolute Gasteiger partial charge is 0.277 e. The highest BCUT2D eigenvalue weighted by Gasteiger charge is 2.15. The van der Waals surface area contributed by atoms with Gasteiger partial charge in [-0.05, 0) is 38.5 Å². The highest BCUT2D eigenvalue weighted by atomic mass is 32.2. The summed E-state index contributed by atoms with van der Waals surface area (Å²) in [4.78, 5) is 4.30. The summed E-state index contributed by atoms with van der Waals surface area (Å²) in [5, 5.41) is 12.3. The first kappa shape index (κ1) is 18.4. The second kappa shape index (κ2) is 8.81. The molecule has 9 heteroatoms. The zero-order valence-electron chi connectivity index (χ0n) is 14.8. The molecule has 0 radical (unpaired) electrons. The fraction of sp³-hybridized carbons (Fsp3) is 0.412. The van der Waals surface area contributed by atoms with Crippen LogP contribution in [0, 0.1) is 6.92 Å². The Morgan fingerprint density at radius 3 is 2.92 bits per heavy atom. The molecule has 0 spiro atoms. The molecule has 3 rings (SSSR count). The minimum Gasteiger partial charge on any atom is -0.484 e. The van der Waals surface area contributed by atoms with Gasteiger partial charge in [0.15, 0.2) is 12.4 Å². The summed E-state index contributed by atoms with van der Waals surface area (Å²) in [6.07, 6.45) is -0.198. The predicted molar refractivity (Wildman–Crippen MR) is 93.7 cm³/mol. The van der Waals surface area contributed by atoms with E-state index in [2.05, 4.69) is 20.3 Å². The maximum atomic E-state index is 5.64. The molecule has 2 aromatic heterocycles. The third-order valence-corrected chi connectivity index (χ3v) is 4.19. The summed E-state index contributed by atoms with van der Waals surface area (Å²) in [5.41, 5.74) is 1.13. The molecule has 0 fully saturated rings. The largest absolute Gasteiger partial charge is 0.484 e. The van der Waals surface area contributed by atoms with Gasteiger partial charge in [-0.25, -0.2) is 0 Å². The number of rotatable bonds is 9. The van der Waals surface area contributed by atoms with Crippen molar-refractivity contribution < 1.29 is 18.4 Å². The topological polar surface area (TPSA) is 96.3 Å². The van der Waals surface area contributed by atoms with Crippen LogP contribution in [0.15, 0.2) is 38.4 Å². The third kappa shape index (κ3) is 5.06. The van der Waals surface area contributed by atoms with Crippen LogP contribution in [0.25, 0.3) is 0 Å². The predicted octanol–water partition coefficient (Wildman–Crippen LogP) is 3.73. The van der Waals surface area contributed by atoms with E-state index in [1.807, 2.05) is 45.0 Å². The number of aromatic nitrogens is 4. The first-order valence-electron chi connectivity index (χ1n) is 8.22. The van der Waals surface area contributed by atoms with Gasteiger partial charge in [0.2, 0.25) is 5.89 Å². The number of aryl methyl sites for hydroxylation is 1. The zero-order valence-corrected chi connectivity index (χ0v) is 15.7. The molecule has 0 saturated heterocycles. The number of ether oxygens (including phenoxy) is 2. The monoisotopic (exact) mass is 376 g/mol. The number of nitrogens with zero attached hydrogens (tertiary/aromatic N) is 4. The standard InChI is InChI=1S/C17H20N4O4S/c1-4-22-12(3)16-18-15(25-21-16)10-26-17-20-19-14(24-17)9-23-13-7-5-6-11(2)8-13/h5-8,12H,4,9-10H2,1-3H3. The van der Waals surface area contributed by atoms with Crippen LogP contribution in [-0.2, 0) is 17.1 Å². The zero-order chi connectivity index (χ0) is 18.4. The van der Waals surface area contributed by atoms with E-state index in [9.17, 15) is 0 Å². The molecule has 0 bridgehead atoms. The van der Waals surface area contributed by atoms with E-state index < -0.39 is 0 Å². The van der Waals surface area contributed by atoms with Crippen LogP contribution in [0.4, 0.5) is 0 Å². The fourth-order valence-corrected chi connectivity index (χ4v) is 2.76. The quantitative estimate of drug-likeness (QED) is 0.517. The Bertz CT molecular complexity index is 836. The van der Waals surface area contributed by atoms with Crippen molar-refractivity contribution in [1.82, 2.24) is 20.3 Å². The van der Waals surface area contributed by atoms with Crippen LogP contribution in [0.3, 0.4) is 0 Å². The maximum Gasteiger partial charge on any atom is 0.277 e. The van der Waals surface area contributed by atoms with Gasteiger partial charge in [0, 0.05) is 6.61 Å². The van der Waals surface area contributed by atoms with Crippen molar-refractivity contribution >= 4 is 11.8 Å². The molecular weight excluding hydrogens is 356 g/mol. The molecule has 0 aliphatic heterocycles. The van der Waals surface area contributed by atoms with Crippen molar-refractivity contribution in [3.05, 3.63) is 47.4 Å². The third-order valence-electron chi connectivity index (χ3n) is 3.38. The van der Waals surface area contributed by atoms with Crippen LogP contribution in [-0.4, -0.2) is 26.9 Å². The van der Waals surface area contributed by atoms with E-state index in [0.717, 1.165) is 11.3 Å². The molecule has 0 aliphatic rings. The van der Waals surface area contributed by atoms with Gasteiger partial charge >= 0.3 is 0 Å². The SMILES string of the molecule is CCOC(C)c1noc(CSc2nnc(COc3cccc(C)c3)o2)n1. The lowest BCUT2D eigenvalue weighted by Gasteiger charge is -2.04. The van der Waals surface area contributed by atoms with Gasteiger partial charge in [0.05, 0.1) is 5.75 Å². The van der Waals surface area contributed by atoms with Gasteiger partial charge in [-0.3, -0.25) is 0 Å². The Balaban J connectivity index is 1.49. The van der Waals surface area contributed by atoms with Gasteiger partial charge in [0.1, 0.15) is 11.9 Å². The second-order valence-electron chi connectivity index (χ2n) is 5.50. The van der Waals surface area contributed by atoms with E-state index in [0.29, 0.717) is 35.2 Å². The summed E-state index contributed by atoms with van der Waals surface area (Å²) in [6.45, 7) is 6.61. The van der Waals surface area contributed by atoms with Crippen LogP contribution in [0.5, 0.6) is 5.75 Å². The van der Waals surface area contributed by atoms with Crippen LogP contribution in [0.1, 0.15) is 43.1 Å². The van der Waals surface area contributed by atoms with Crippen molar-refractivity contribution in [3.8, 4) is 5.75 Å². The Kier molecular flexibility index (Phi) is 6.24. The number of thioether (sulfide) groups is 1. The fourth-order valence-electron chi connectivity index (χ4n) is 2.14. The average molecular weight is 376 g/mol. The molecule has 0 N–H and O–H groups in total. The summed E-state index contributed by atoms with van der Waals surface area (Å²) < 4.78 is 21.8. The molecule has 138 valence electrons. The summed E-state index contributed by atoms with van der Waals surface area (Å²) in [5.74, 6) is 2.61. The van der Waals surface area contributed by atoms with Crippen LogP contribution >= 0.6 is 11.8 Å². The molecule has 2 heterocycles. The van der Waals surface area contributed by atoms with Gasteiger partial charge in [0.25, 0.3) is 11.1 Å². The lowest BCUT2D eigenvalue weighted by atomic mass is 10.2. The summed E-state index contributed by atoms with van der Waals surface area (Å²) in [7, 11) is 0. The average Bonchev–Trinajstić information content (AvgIpc) is 3.28. The van der Waals surface area contributed by atoms with Crippen molar-refractivity contribution in [2.75, 3.05) is 6.61 Å². The molecule has 0 saturated carbocycles. The minimum absolute atomic E-state index is 0.198. The molecule has 0 aliphatic carbocycles. The number of benzene rings is 1. The van der Waals surface area contributed by atoms with E-state index >= 15 is 0 Å². The van der Waals surface area contributed by atoms with Gasteiger partial charge in [-0.1, -0.05) is 29.1 Å². The normalized spacial score (nSPS) is 12.3. The first-order valence-corrected chi connectivity index (χ1v) is 9.21. The minimum atomic E-state index is -0.198. The second-order valence-corrected chi connectivity index (χ2v) is 6.43. The van der Waals surface area contributed by atoms with E-state index in [1.165, 1.54) is 11.8 Å². The Labute approximate surface area is 155 Å². The number of hydrogen-bond donors (Lipinski definition) is 0. The van der Waals surface area contributed by atoms with Crippen molar-refractivity contribution in [1.29, 1.82) is 0 Å². The molecule has 3 aromatic rings. The lowest BCUT2D eigenvalue weighted by molar-refractivity contribution is 0.0683. The van der Waals surface area contributed by atoms with Gasteiger partial charge < -0.3 is 18.4 Å². The Morgan fingerprint density at radius 2 is 2.12 bits per heavy atom. The van der Waals surface area contributed by atoms with Gasteiger partial charge in [-0.15, -0.1) is 10.2 Å². The molecule has 1 atom stereocenters. The number of hydrogen-bond acceptors (Lipinski definition) is 9. The molecule has 8 nitrogen and oxygen atoms in total. The van der Waals surface area contributed by atoms with Crippen LogP contribution in [0.2, 0.25) is 0 Å². The molecule has 0 amide bonds. The summed E-state index contributed by atoms with van der Waals surface area (Å²) in [6, 6.07) is 7.77. The molecular formula is C17H20N4O4S. The highest BCUT2D eigenvalue weighted by Crippen LogP contribution is 2.22. The van der Waals surface area contributed by atoms with Crippen molar-refractivity contribution in [2.45, 2.75) is 44.5 Å². The maximum absolute atomic E-state index is 5.64. The molecule has 26 heavy (non-hydrogen) atoms. The van der Waals surface area contributed by atoms with Crippen LogP contribution < -0.4 is 4.74 Å². The lowest BCUT2D eigenvalue weighted by Crippen LogP contribution is -2.01. The summed E-state index contributed by atoms with van der Waals surface area (Å²) >= 11 is 1.32. The van der Waals surface area contributed by atoms with E-state index in [1.54, 1.807) is 0 Å². The van der Waals surface area contributed by atoms with E-state index in [4.69, 9.17) is 18.4 Å². The molecule has 1 unspecified atom stereocenters. The van der Waals surface area contributed by atoms with Crippen molar-refractivity contribution in [2.24, 2.45) is 0 Å². The van der Waals surface area contributed by atoms with Gasteiger partial charge in [-0.2, -0.15) is 4.98 Å². The van der Waals surface area contributed by atoms with E-state index in [-0.39, 0.29) is 12.7 Å². The Hall–Kier alpha value is -2.39. The Morgan fingerprint density at radius 1 is 1.23 bits per heavy atom. The molecule has 1 aromatic carbocycles. The van der Waals surface area contributed by atoms with Crippen molar-refractivity contribution in [3.63, 3.8) is 0 Å².